The molecule has 0 radical (unpaired) electrons. The van der Waals surface area contributed by atoms with Gasteiger partial charge < -0.3 is 15.0 Å². The fraction of sp³-hybridized carbons (Fsp3) is 0.333. The lowest BCUT2D eigenvalue weighted by Gasteiger charge is -2.40. The van der Waals surface area contributed by atoms with Crippen molar-refractivity contribution in [3.8, 4) is 16.9 Å². The van der Waals surface area contributed by atoms with Crippen molar-refractivity contribution < 1.29 is 18.3 Å². The predicted molar refractivity (Wildman–Crippen MR) is 168 cm³/mol. The van der Waals surface area contributed by atoms with Gasteiger partial charge in [-0.1, -0.05) is 70.1 Å². The molecule has 1 aliphatic heterocycles. The first-order valence-corrected chi connectivity index (χ1v) is 14.9. The number of carbonyl (C=O) groups is 1. The largest absolute Gasteiger partial charge is 0.710 e. The number of benzene rings is 2. The molecule has 0 N–H and O–H groups in total. The van der Waals surface area contributed by atoms with E-state index in [1.165, 1.54) is 22.8 Å². The van der Waals surface area contributed by atoms with Crippen molar-refractivity contribution in [3.05, 3.63) is 98.6 Å². The van der Waals surface area contributed by atoms with Crippen LogP contribution in [0.4, 0.5) is 14.6 Å². The summed E-state index contributed by atoms with van der Waals surface area (Å²) in [5, 5.41) is 14.5. The molecule has 1 saturated heterocycles. The Morgan fingerprint density at radius 3 is 2.23 bits per heavy atom. The van der Waals surface area contributed by atoms with Gasteiger partial charge in [-0.3, -0.25) is 4.79 Å². The molecule has 11 heteroatoms. The van der Waals surface area contributed by atoms with E-state index >= 15 is 8.78 Å². The van der Waals surface area contributed by atoms with Crippen LogP contribution in [0, 0.1) is 16.8 Å². The number of hydrogen-bond donors (Lipinski definition) is 0. The summed E-state index contributed by atoms with van der Waals surface area (Å²) < 4.78 is 31.8. The van der Waals surface area contributed by atoms with Crippen LogP contribution in [0.15, 0.2) is 59.9 Å². The number of nitrogens with zero attached hydrogens (tertiary/aromatic N) is 5. The molecule has 8 nitrogen and oxygen atoms in total. The van der Waals surface area contributed by atoms with Crippen LogP contribution in [0.25, 0.3) is 28.0 Å². The van der Waals surface area contributed by atoms with Crippen molar-refractivity contribution in [2.24, 2.45) is 0 Å². The van der Waals surface area contributed by atoms with Gasteiger partial charge >= 0.3 is 11.3 Å². The first-order valence-electron chi connectivity index (χ1n) is 14.5. The number of aromatic nitrogens is 3. The third-order valence-electron chi connectivity index (χ3n) is 8.13. The molecule has 2 aromatic heterocycles. The molecule has 230 valence electrons. The van der Waals surface area contributed by atoms with E-state index < -0.39 is 28.6 Å². The van der Waals surface area contributed by atoms with E-state index in [4.69, 9.17) is 11.6 Å². The predicted octanol–water partition coefficient (Wildman–Crippen LogP) is 6.09. The minimum absolute atomic E-state index is 0.0447. The Labute approximate surface area is 259 Å². The molecule has 5 rings (SSSR count). The van der Waals surface area contributed by atoms with Crippen LogP contribution >= 0.6 is 11.6 Å². The molecule has 1 amide bonds. The van der Waals surface area contributed by atoms with E-state index in [0.717, 1.165) is 23.3 Å². The smallest absolute Gasteiger partial charge is 0.442 e. The molecule has 1 fully saturated rings. The number of carbonyl (C=O) groups excluding carboxylic acids is 1. The number of anilines is 1. The summed E-state index contributed by atoms with van der Waals surface area (Å²) in [7, 11) is 0. The van der Waals surface area contributed by atoms with Crippen molar-refractivity contribution in [3.63, 3.8) is 0 Å². The van der Waals surface area contributed by atoms with Gasteiger partial charge in [-0.05, 0) is 43.0 Å². The summed E-state index contributed by atoms with van der Waals surface area (Å²) in [5.41, 5.74) is 0.147. The van der Waals surface area contributed by atoms with Crippen LogP contribution in [0.1, 0.15) is 57.6 Å². The maximum Gasteiger partial charge on any atom is 0.442 e. The summed E-state index contributed by atoms with van der Waals surface area (Å²) in [4.78, 5) is 34.5. The van der Waals surface area contributed by atoms with E-state index in [0.29, 0.717) is 30.1 Å². The highest BCUT2D eigenvalue weighted by Crippen LogP contribution is 2.37. The Hall–Kier alpha value is -4.31. The maximum absolute atomic E-state index is 15.1. The van der Waals surface area contributed by atoms with Crippen LogP contribution < -0.4 is 15.3 Å². The Morgan fingerprint density at radius 1 is 1.09 bits per heavy atom. The van der Waals surface area contributed by atoms with Gasteiger partial charge in [0.15, 0.2) is 11.5 Å². The number of hydrogen-bond acceptors (Lipinski definition) is 5. The van der Waals surface area contributed by atoms with Crippen molar-refractivity contribution in [1.29, 1.82) is 0 Å². The van der Waals surface area contributed by atoms with Crippen molar-refractivity contribution >= 4 is 34.4 Å². The van der Waals surface area contributed by atoms with Crippen LogP contribution in [0.5, 0.6) is 0 Å². The highest BCUT2D eigenvalue weighted by atomic mass is 35.5. The van der Waals surface area contributed by atoms with Gasteiger partial charge in [0, 0.05) is 36.8 Å². The highest BCUT2D eigenvalue weighted by Gasteiger charge is 2.34. The lowest BCUT2D eigenvalue weighted by Crippen LogP contribution is -2.54. The summed E-state index contributed by atoms with van der Waals surface area (Å²) in [5.74, 6) is -2.05. The summed E-state index contributed by atoms with van der Waals surface area (Å²) in [6.45, 7) is 14.3. The van der Waals surface area contributed by atoms with Gasteiger partial charge in [-0.2, -0.15) is 4.98 Å². The highest BCUT2D eigenvalue weighted by molar-refractivity contribution is 6.33. The number of pyridine rings is 1. The Kier molecular flexibility index (Phi) is 8.49. The average Bonchev–Trinajstić information content (AvgIpc) is 2.97. The lowest BCUT2D eigenvalue weighted by atomic mass is 9.92. The molecule has 0 unspecified atom stereocenters. The normalized spacial score (nSPS) is 15.5. The molecule has 4 aromatic rings. The number of para-hydroxylation sites is 1. The third-order valence-corrected chi connectivity index (χ3v) is 8.42. The zero-order valence-electron chi connectivity index (χ0n) is 25.3. The molecule has 0 bridgehead atoms. The van der Waals surface area contributed by atoms with Gasteiger partial charge in [-0.15, -0.1) is 4.57 Å². The first kappa shape index (κ1) is 31.1. The van der Waals surface area contributed by atoms with Crippen LogP contribution in [-0.2, 0) is 4.79 Å². The van der Waals surface area contributed by atoms with Gasteiger partial charge in [0.25, 0.3) is 0 Å². The van der Waals surface area contributed by atoms with Crippen molar-refractivity contribution in [2.75, 3.05) is 24.5 Å². The number of rotatable bonds is 6. The second-order valence-corrected chi connectivity index (χ2v) is 12.1. The summed E-state index contributed by atoms with van der Waals surface area (Å²) >= 11 is 6.67. The Balaban J connectivity index is 1.91. The minimum atomic E-state index is -0.971. The molecular formula is C33H34ClF2N5O3. The number of halogens is 3. The monoisotopic (exact) mass is 621 g/mol. The molecule has 3 heterocycles. The quantitative estimate of drug-likeness (QED) is 0.148. The Morgan fingerprint density at radius 2 is 1.68 bits per heavy atom. The van der Waals surface area contributed by atoms with Gasteiger partial charge in [0.05, 0.1) is 10.6 Å². The fourth-order valence-corrected chi connectivity index (χ4v) is 6.26. The average molecular weight is 622 g/mol. The SMILES string of the molecule is C=CC(=O)N1CCN(c2nc(=O)n(-c3c(C(C)C)cccc3C(C)C)c3c2cc(Cl)c(-c2c(F)cccc2F)[n+]3[O-])[C@@H](C)C1. The minimum Gasteiger partial charge on any atom is -0.710 e. The van der Waals surface area contributed by atoms with E-state index in [1.54, 1.807) is 4.90 Å². The zero-order valence-corrected chi connectivity index (χ0v) is 26.0. The molecule has 44 heavy (non-hydrogen) atoms. The second kappa shape index (κ2) is 12.0. The lowest BCUT2D eigenvalue weighted by molar-refractivity contribution is -0.568. The summed E-state index contributed by atoms with van der Waals surface area (Å²) in [6, 6.07) is 10.1. The number of piperazine rings is 1. The van der Waals surface area contributed by atoms with E-state index in [-0.39, 0.29) is 45.7 Å². The van der Waals surface area contributed by atoms with Crippen LogP contribution in [0.2, 0.25) is 5.02 Å². The van der Waals surface area contributed by atoms with Gasteiger partial charge in [0.1, 0.15) is 22.7 Å². The molecule has 2 aromatic carbocycles. The standard InChI is InChI=1S/C33H34ClF2N5O3/c1-7-27(42)38-14-15-39(20(6)17-38)31-23-16-24(34)30(28-25(35)12-9-13-26(28)36)41(44)32(23)40(33(43)37-31)29-21(18(2)3)10-8-11-22(29)19(4)5/h7-13,16,18-20H,1,14-15,17H2,2-6H3/t20-/m0/s1. The maximum atomic E-state index is 15.1. The molecule has 1 atom stereocenters. The van der Waals surface area contributed by atoms with E-state index in [1.807, 2.05) is 57.7 Å². The number of fused-ring (bicyclic) bond motifs is 1. The van der Waals surface area contributed by atoms with Crippen LogP contribution in [-0.4, -0.2) is 46.0 Å². The first-order chi connectivity index (χ1) is 20.9. The fourth-order valence-electron chi connectivity index (χ4n) is 5.98. The molecule has 0 spiro atoms. The molecular weight excluding hydrogens is 588 g/mol. The molecule has 0 aliphatic carbocycles. The Bertz CT molecular complexity index is 1810. The molecule has 0 saturated carbocycles. The van der Waals surface area contributed by atoms with Crippen LogP contribution in [0.3, 0.4) is 0 Å². The van der Waals surface area contributed by atoms with Crippen molar-refractivity contribution in [1.82, 2.24) is 14.5 Å². The van der Waals surface area contributed by atoms with E-state index in [2.05, 4.69) is 11.6 Å². The topological polar surface area (TPSA) is 85.4 Å². The number of amides is 1. The summed E-state index contributed by atoms with van der Waals surface area (Å²) in [6.07, 6.45) is 1.25. The third kappa shape index (κ3) is 5.21. The molecule has 1 aliphatic rings. The zero-order chi connectivity index (χ0) is 32.0. The van der Waals surface area contributed by atoms with E-state index in [9.17, 15) is 14.8 Å². The van der Waals surface area contributed by atoms with Crippen molar-refractivity contribution in [2.45, 2.75) is 52.5 Å². The van der Waals surface area contributed by atoms with Gasteiger partial charge in [0.2, 0.25) is 5.91 Å². The van der Waals surface area contributed by atoms with Gasteiger partial charge in [-0.25, -0.2) is 18.3 Å². The second-order valence-electron chi connectivity index (χ2n) is 11.6.